The quantitative estimate of drug-likeness (QED) is 0.443. The highest BCUT2D eigenvalue weighted by atomic mass is 35.5. The van der Waals surface area contributed by atoms with Crippen LogP contribution in [0.25, 0.3) is 0 Å². The molecule has 7 nitrogen and oxygen atoms in total. The molecule has 0 radical (unpaired) electrons. The van der Waals surface area contributed by atoms with E-state index in [2.05, 4.69) is 21.0 Å². The Morgan fingerprint density at radius 2 is 2.11 bits per heavy atom. The molecule has 0 bridgehead atoms. The van der Waals surface area contributed by atoms with Crippen molar-refractivity contribution in [1.29, 1.82) is 0 Å². The lowest BCUT2D eigenvalue weighted by atomic mass is 10.3. The number of hydrogen-bond acceptors (Lipinski definition) is 5. The topological polar surface area (TPSA) is 109 Å². The van der Waals surface area contributed by atoms with E-state index >= 15 is 0 Å². The Hall–Kier alpha value is -1.86. The number of amides is 2. The molecule has 0 aliphatic rings. The smallest absolute Gasteiger partial charge is 0.271 e. The zero-order chi connectivity index (χ0) is 14.3. The minimum absolute atomic E-state index is 0.0630. The van der Waals surface area contributed by atoms with Gasteiger partial charge in [-0.25, -0.2) is 10.8 Å². The molecular formula is C11H16ClN5O2. The molecule has 19 heavy (non-hydrogen) atoms. The van der Waals surface area contributed by atoms with Crippen molar-refractivity contribution in [2.24, 2.45) is 5.84 Å². The average molecular weight is 286 g/mol. The Labute approximate surface area is 115 Å². The van der Waals surface area contributed by atoms with Crippen molar-refractivity contribution < 1.29 is 9.59 Å². The Balaban J connectivity index is 2.56. The highest BCUT2D eigenvalue weighted by Gasteiger charge is 2.13. The standard InChI is InChI=1S/C11H16ClN5O2/c1-2-14-9(18)5-6-15-11(19)10-7(12)3-4-8(16-10)17-13/h3-4H,2,5-6,13H2,1H3,(H,14,18)(H,15,19)(H,16,17). The maximum absolute atomic E-state index is 11.8. The number of rotatable bonds is 6. The molecule has 0 unspecified atom stereocenters. The van der Waals surface area contributed by atoms with Crippen molar-refractivity contribution in [3.8, 4) is 0 Å². The summed E-state index contributed by atoms with van der Waals surface area (Å²) in [5.74, 6) is 4.96. The first-order chi connectivity index (χ1) is 9.08. The predicted molar refractivity (Wildman–Crippen MR) is 72.7 cm³/mol. The first kappa shape index (κ1) is 15.2. The summed E-state index contributed by atoms with van der Waals surface area (Å²) in [5, 5.41) is 5.41. The number of hydrazine groups is 1. The van der Waals surface area contributed by atoms with Crippen LogP contribution >= 0.6 is 11.6 Å². The number of nitrogens with zero attached hydrogens (tertiary/aromatic N) is 1. The van der Waals surface area contributed by atoms with E-state index in [0.717, 1.165) is 0 Å². The Bertz CT molecular complexity index is 466. The molecule has 104 valence electrons. The van der Waals surface area contributed by atoms with Crippen LogP contribution in [0.15, 0.2) is 12.1 Å². The number of halogens is 1. The summed E-state index contributed by atoms with van der Waals surface area (Å²) in [6.07, 6.45) is 0.200. The normalized spacial score (nSPS) is 9.84. The van der Waals surface area contributed by atoms with E-state index < -0.39 is 5.91 Å². The van der Waals surface area contributed by atoms with Gasteiger partial charge in [-0.15, -0.1) is 0 Å². The van der Waals surface area contributed by atoms with Crippen molar-refractivity contribution in [2.75, 3.05) is 18.5 Å². The third-order valence-electron chi connectivity index (χ3n) is 2.22. The van der Waals surface area contributed by atoms with Crippen molar-refractivity contribution in [1.82, 2.24) is 15.6 Å². The van der Waals surface area contributed by atoms with Crippen molar-refractivity contribution >= 4 is 29.2 Å². The van der Waals surface area contributed by atoms with E-state index in [0.29, 0.717) is 12.4 Å². The van der Waals surface area contributed by atoms with Crippen LogP contribution in [0.2, 0.25) is 5.02 Å². The van der Waals surface area contributed by atoms with Gasteiger partial charge in [0.1, 0.15) is 11.5 Å². The van der Waals surface area contributed by atoms with Crippen LogP contribution in [-0.2, 0) is 4.79 Å². The van der Waals surface area contributed by atoms with Crippen molar-refractivity contribution in [2.45, 2.75) is 13.3 Å². The van der Waals surface area contributed by atoms with Gasteiger partial charge >= 0.3 is 0 Å². The maximum atomic E-state index is 11.8. The third kappa shape index (κ3) is 4.72. The van der Waals surface area contributed by atoms with Crippen molar-refractivity contribution in [3.05, 3.63) is 22.8 Å². The summed E-state index contributed by atoms with van der Waals surface area (Å²) in [5.41, 5.74) is 2.39. The molecule has 1 aromatic heterocycles. The van der Waals surface area contributed by atoms with Gasteiger partial charge in [0, 0.05) is 19.5 Å². The fourth-order valence-electron chi connectivity index (χ4n) is 1.34. The van der Waals surface area contributed by atoms with Gasteiger partial charge < -0.3 is 16.1 Å². The monoisotopic (exact) mass is 285 g/mol. The molecule has 0 saturated heterocycles. The molecule has 5 N–H and O–H groups in total. The molecular weight excluding hydrogens is 270 g/mol. The first-order valence-electron chi connectivity index (χ1n) is 5.76. The molecule has 1 heterocycles. The number of nitrogen functional groups attached to an aromatic ring is 1. The second-order valence-electron chi connectivity index (χ2n) is 3.63. The Kier molecular flexibility index (Phi) is 6.04. The largest absolute Gasteiger partial charge is 0.356 e. The molecule has 0 aromatic carbocycles. The summed E-state index contributed by atoms with van der Waals surface area (Å²) >= 11 is 5.87. The van der Waals surface area contributed by atoms with E-state index in [9.17, 15) is 9.59 Å². The Morgan fingerprint density at radius 3 is 2.74 bits per heavy atom. The van der Waals surface area contributed by atoms with E-state index in [1.165, 1.54) is 6.07 Å². The lowest BCUT2D eigenvalue weighted by Crippen LogP contribution is -2.31. The van der Waals surface area contributed by atoms with Crippen LogP contribution in [0, 0.1) is 0 Å². The molecule has 0 atom stereocenters. The number of anilines is 1. The SMILES string of the molecule is CCNC(=O)CCNC(=O)c1nc(NN)ccc1Cl. The summed E-state index contributed by atoms with van der Waals surface area (Å²) in [4.78, 5) is 27.0. The molecule has 1 aromatic rings. The van der Waals surface area contributed by atoms with Gasteiger partial charge in [-0.1, -0.05) is 11.6 Å². The van der Waals surface area contributed by atoms with Crippen LogP contribution in [0.3, 0.4) is 0 Å². The zero-order valence-corrected chi connectivity index (χ0v) is 11.3. The highest BCUT2D eigenvalue weighted by Crippen LogP contribution is 2.15. The minimum atomic E-state index is -0.452. The lowest BCUT2D eigenvalue weighted by Gasteiger charge is -2.07. The molecule has 1 rings (SSSR count). The third-order valence-corrected chi connectivity index (χ3v) is 2.53. The van der Waals surface area contributed by atoms with E-state index in [4.69, 9.17) is 17.4 Å². The zero-order valence-electron chi connectivity index (χ0n) is 10.5. The fraction of sp³-hybridized carbons (Fsp3) is 0.364. The van der Waals surface area contributed by atoms with E-state index in [-0.39, 0.29) is 29.6 Å². The molecule has 0 fully saturated rings. The maximum Gasteiger partial charge on any atom is 0.271 e. The number of nitrogens with one attached hydrogen (secondary N) is 3. The van der Waals surface area contributed by atoms with Crippen LogP contribution in [0.1, 0.15) is 23.8 Å². The number of aromatic nitrogens is 1. The van der Waals surface area contributed by atoms with Gasteiger partial charge in [-0.05, 0) is 19.1 Å². The van der Waals surface area contributed by atoms with Gasteiger partial charge in [-0.3, -0.25) is 9.59 Å². The van der Waals surface area contributed by atoms with E-state index in [1.807, 2.05) is 6.92 Å². The summed E-state index contributed by atoms with van der Waals surface area (Å²) < 4.78 is 0. The number of carbonyl (C=O) groups excluding carboxylic acids is 2. The number of nitrogens with two attached hydrogens (primary N) is 1. The van der Waals surface area contributed by atoms with Crippen molar-refractivity contribution in [3.63, 3.8) is 0 Å². The Morgan fingerprint density at radius 1 is 1.37 bits per heavy atom. The summed E-state index contributed by atoms with van der Waals surface area (Å²) in [6.45, 7) is 2.60. The van der Waals surface area contributed by atoms with E-state index in [1.54, 1.807) is 6.07 Å². The first-order valence-corrected chi connectivity index (χ1v) is 6.14. The molecule has 0 aliphatic carbocycles. The van der Waals surface area contributed by atoms with Gasteiger partial charge in [0.15, 0.2) is 0 Å². The second kappa shape index (κ2) is 7.55. The summed E-state index contributed by atoms with van der Waals surface area (Å²) in [6, 6.07) is 3.07. The highest BCUT2D eigenvalue weighted by molar-refractivity contribution is 6.33. The number of pyridine rings is 1. The molecule has 0 aliphatic heterocycles. The summed E-state index contributed by atoms with van der Waals surface area (Å²) in [7, 11) is 0. The molecule has 0 spiro atoms. The lowest BCUT2D eigenvalue weighted by molar-refractivity contribution is -0.120. The second-order valence-corrected chi connectivity index (χ2v) is 4.04. The average Bonchev–Trinajstić information content (AvgIpc) is 2.39. The van der Waals surface area contributed by atoms with Crippen LogP contribution in [0.4, 0.5) is 5.82 Å². The van der Waals surface area contributed by atoms with Gasteiger partial charge in [0.05, 0.1) is 5.02 Å². The molecule has 0 saturated carbocycles. The van der Waals surface area contributed by atoms with Crippen LogP contribution in [0.5, 0.6) is 0 Å². The number of hydrogen-bond donors (Lipinski definition) is 4. The fourth-order valence-corrected chi connectivity index (χ4v) is 1.53. The van der Waals surface area contributed by atoms with Crippen LogP contribution < -0.4 is 21.9 Å². The van der Waals surface area contributed by atoms with Gasteiger partial charge in [-0.2, -0.15) is 0 Å². The minimum Gasteiger partial charge on any atom is -0.356 e. The predicted octanol–water partition coefficient (Wildman–Crippen LogP) is 0.277. The van der Waals surface area contributed by atoms with Crippen LogP contribution in [-0.4, -0.2) is 29.9 Å². The van der Waals surface area contributed by atoms with Gasteiger partial charge in [0.25, 0.3) is 5.91 Å². The molecule has 8 heteroatoms. The molecule has 2 amide bonds. The number of carbonyl (C=O) groups is 2. The van der Waals surface area contributed by atoms with Gasteiger partial charge in [0.2, 0.25) is 5.91 Å².